The Kier molecular flexibility index (Phi) is 6.55. The van der Waals surface area contributed by atoms with Crippen molar-refractivity contribution in [2.45, 2.75) is 62.7 Å². The summed E-state index contributed by atoms with van der Waals surface area (Å²) >= 11 is 0. The molecule has 4 heterocycles. The van der Waals surface area contributed by atoms with Gasteiger partial charge in [-0.15, -0.1) is 0 Å². The maximum atomic E-state index is 13.1. The first-order valence-electron chi connectivity index (χ1n) is 11.7. The molecule has 0 bridgehead atoms. The highest BCUT2D eigenvalue weighted by molar-refractivity contribution is 5.82. The van der Waals surface area contributed by atoms with Crippen molar-refractivity contribution in [1.82, 2.24) is 36.0 Å². The zero-order valence-electron chi connectivity index (χ0n) is 19.5. The Labute approximate surface area is 208 Å². The molecule has 0 aromatic carbocycles. The zero-order chi connectivity index (χ0) is 26.5. The Morgan fingerprint density at radius 2 is 1.97 bits per heavy atom. The average molecular weight is 522 g/mol. The van der Waals surface area contributed by atoms with Gasteiger partial charge in [0, 0.05) is 30.3 Å². The molecule has 1 aliphatic carbocycles. The van der Waals surface area contributed by atoms with Crippen LogP contribution in [-0.2, 0) is 11.0 Å². The number of hydrazine groups is 1. The van der Waals surface area contributed by atoms with Gasteiger partial charge in [-0.2, -0.15) is 18.4 Å². The Balaban J connectivity index is 1.37. The lowest BCUT2D eigenvalue weighted by atomic mass is 9.70. The van der Waals surface area contributed by atoms with Crippen LogP contribution in [0.25, 0.3) is 0 Å². The Morgan fingerprint density at radius 3 is 2.57 bits per heavy atom. The topological polar surface area (TPSA) is 119 Å². The second kappa shape index (κ2) is 9.55. The van der Waals surface area contributed by atoms with Crippen molar-refractivity contribution in [2.24, 2.45) is 11.8 Å². The third-order valence-electron chi connectivity index (χ3n) is 7.36. The van der Waals surface area contributed by atoms with Crippen molar-refractivity contribution >= 4 is 5.91 Å². The minimum absolute atomic E-state index is 0.177. The number of halogens is 5. The fraction of sp³-hybridized carbons (Fsp3) is 0.522. The molecule has 1 amide bonds. The largest absolute Gasteiger partial charge is 0.433 e. The Bertz CT molecular complexity index is 1200. The number of alkyl halides is 5. The predicted molar refractivity (Wildman–Crippen MR) is 117 cm³/mol. The van der Waals surface area contributed by atoms with E-state index in [0.717, 1.165) is 18.3 Å². The number of aromatic nitrogens is 3. The van der Waals surface area contributed by atoms with Gasteiger partial charge in [-0.25, -0.2) is 29.2 Å². The first-order chi connectivity index (χ1) is 17.6. The first-order valence-corrected chi connectivity index (χ1v) is 11.7. The number of pyridine rings is 1. The van der Waals surface area contributed by atoms with Gasteiger partial charge in [0.25, 0.3) is 6.43 Å². The lowest BCUT2D eigenvalue weighted by Gasteiger charge is -2.47. The first kappa shape index (κ1) is 25.4. The van der Waals surface area contributed by atoms with Crippen LogP contribution in [0, 0.1) is 23.2 Å². The van der Waals surface area contributed by atoms with Gasteiger partial charge >= 0.3 is 6.18 Å². The van der Waals surface area contributed by atoms with E-state index < -0.39 is 48.6 Å². The van der Waals surface area contributed by atoms with E-state index in [1.807, 2.05) is 0 Å². The van der Waals surface area contributed by atoms with Crippen molar-refractivity contribution in [1.29, 1.82) is 5.26 Å². The molecule has 9 nitrogen and oxygen atoms in total. The summed E-state index contributed by atoms with van der Waals surface area (Å²) < 4.78 is 65.1. The Morgan fingerprint density at radius 1 is 1.19 bits per heavy atom. The quantitative estimate of drug-likeness (QED) is 0.513. The van der Waals surface area contributed by atoms with Crippen LogP contribution in [0.3, 0.4) is 0 Å². The molecule has 2 aromatic rings. The number of nitrogens with zero attached hydrogens (tertiary/aromatic N) is 5. The Hall–Kier alpha value is -3.28. The normalized spacial score (nSPS) is 30.8. The summed E-state index contributed by atoms with van der Waals surface area (Å²) in [7, 11) is 0. The van der Waals surface area contributed by atoms with E-state index in [1.165, 1.54) is 12.3 Å². The molecule has 1 saturated carbocycles. The molecule has 3 N–H and O–H groups in total. The van der Waals surface area contributed by atoms with Crippen LogP contribution in [-0.4, -0.2) is 44.2 Å². The molecule has 5 rings (SSSR count). The predicted octanol–water partition coefficient (Wildman–Crippen LogP) is 2.78. The number of hydrogen-bond acceptors (Lipinski definition) is 8. The fourth-order valence-corrected chi connectivity index (χ4v) is 5.24. The molecule has 5 unspecified atom stereocenters. The van der Waals surface area contributed by atoms with E-state index in [0.29, 0.717) is 18.4 Å². The SMILES string of the molecule is C[C@@H](c1ccc(C(F)(F)F)nc1)N1NC(C#N)C2C(=O)NC(C3CC[C@H]3c3nccc(C(F)F)n3)NC21. The summed E-state index contributed by atoms with van der Waals surface area (Å²) in [6.07, 6.45) is -4.73. The number of carbonyl (C=O) groups excluding carboxylic acids is 1. The monoisotopic (exact) mass is 522 g/mol. The highest BCUT2D eigenvalue weighted by Crippen LogP contribution is 2.44. The van der Waals surface area contributed by atoms with Crippen LogP contribution < -0.4 is 16.1 Å². The maximum absolute atomic E-state index is 13.1. The van der Waals surface area contributed by atoms with Crippen molar-refractivity contribution in [3.05, 3.63) is 53.4 Å². The number of rotatable bonds is 5. The summed E-state index contributed by atoms with van der Waals surface area (Å²) in [4.78, 5) is 24.8. The molecule has 2 aliphatic heterocycles. The standard InChI is InChI=1S/C23H23F5N8O/c1-10(11-2-5-16(31-9-11)23(26,27)28)36-21-17(15(8-29)35-36)22(37)34-20(33-21)13-4-3-12(13)19-30-7-6-14(32-19)18(24)25/h2,5-7,9-10,12-13,15,17-18,20-21,33,35H,3-4H2,1H3,(H,34,37)/t10-,12+,13?,15?,17?,20?,21?/m0/s1. The van der Waals surface area contributed by atoms with E-state index in [2.05, 4.69) is 37.1 Å². The lowest BCUT2D eigenvalue weighted by Crippen LogP contribution is -2.68. The summed E-state index contributed by atoms with van der Waals surface area (Å²) in [6.45, 7) is 1.73. The summed E-state index contributed by atoms with van der Waals surface area (Å²) in [5.74, 6) is -1.29. The molecule has 37 heavy (non-hydrogen) atoms. The van der Waals surface area contributed by atoms with Gasteiger partial charge in [0.15, 0.2) is 0 Å². The summed E-state index contributed by atoms with van der Waals surface area (Å²) in [6, 6.07) is 4.03. The highest BCUT2D eigenvalue weighted by Gasteiger charge is 2.54. The van der Waals surface area contributed by atoms with Crippen molar-refractivity contribution in [3.63, 3.8) is 0 Å². The van der Waals surface area contributed by atoms with Crippen molar-refractivity contribution < 1.29 is 26.7 Å². The van der Waals surface area contributed by atoms with Crippen LogP contribution in [0.2, 0.25) is 0 Å². The highest BCUT2D eigenvalue weighted by atomic mass is 19.4. The number of nitriles is 1. The van der Waals surface area contributed by atoms with Crippen molar-refractivity contribution in [3.8, 4) is 6.07 Å². The third-order valence-corrected chi connectivity index (χ3v) is 7.36. The number of amides is 1. The smallest absolute Gasteiger partial charge is 0.340 e. The molecule has 7 atom stereocenters. The molecule has 0 radical (unpaired) electrons. The van der Waals surface area contributed by atoms with E-state index in [1.54, 1.807) is 11.9 Å². The molecule has 2 aromatic heterocycles. The minimum atomic E-state index is -4.57. The van der Waals surface area contributed by atoms with Gasteiger partial charge in [-0.3, -0.25) is 15.1 Å². The fourth-order valence-electron chi connectivity index (χ4n) is 5.24. The van der Waals surface area contributed by atoms with Gasteiger partial charge < -0.3 is 5.32 Å². The minimum Gasteiger partial charge on any atom is -0.340 e. The number of hydrogen-bond donors (Lipinski definition) is 3. The van der Waals surface area contributed by atoms with Crippen LogP contribution >= 0.6 is 0 Å². The second-order valence-corrected chi connectivity index (χ2v) is 9.41. The van der Waals surface area contributed by atoms with E-state index in [-0.39, 0.29) is 29.3 Å². The van der Waals surface area contributed by atoms with E-state index in [9.17, 15) is 32.0 Å². The van der Waals surface area contributed by atoms with Gasteiger partial charge in [0.1, 0.15) is 23.3 Å². The number of fused-ring (bicyclic) bond motifs is 1. The van der Waals surface area contributed by atoms with Gasteiger partial charge in [0.05, 0.1) is 24.3 Å². The average Bonchev–Trinajstić information content (AvgIpc) is 3.22. The van der Waals surface area contributed by atoms with Gasteiger partial charge in [-0.1, -0.05) is 6.07 Å². The summed E-state index contributed by atoms with van der Waals surface area (Å²) in [5, 5.41) is 17.6. The molecule has 14 heteroatoms. The van der Waals surface area contributed by atoms with Crippen LogP contribution in [0.1, 0.15) is 60.9 Å². The van der Waals surface area contributed by atoms with Gasteiger partial charge in [0.2, 0.25) is 5.91 Å². The molecular weight excluding hydrogens is 499 g/mol. The third kappa shape index (κ3) is 4.62. The number of nitrogens with one attached hydrogen (secondary N) is 3. The molecule has 3 fully saturated rings. The van der Waals surface area contributed by atoms with Crippen molar-refractivity contribution in [2.75, 3.05) is 0 Å². The van der Waals surface area contributed by atoms with Crippen LogP contribution in [0.5, 0.6) is 0 Å². The second-order valence-electron chi connectivity index (χ2n) is 9.41. The van der Waals surface area contributed by atoms with E-state index in [4.69, 9.17) is 0 Å². The van der Waals surface area contributed by atoms with E-state index >= 15 is 0 Å². The zero-order valence-corrected chi connectivity index (χ0v) is 19.5. The number of carbonyl (C=O) groups is 1. The lowest BCUT2D eigenvalue weighted by molar-refractivity contribution is -0.141. The van der Waals surface area contributed by atoms with Crippen LogP contribution in [0.4, 0.5) is 22.0 Å². The molecule has 0 spiro atoms. The molecular formula is C23H23F5N8O. The molecule has 3 aliphatic rings. The molecule has 196 valence electrons. The summed E-state index contributed by atoms with van der Waals surface area (Å²) in [5.41, 5.74) is 2.08. The molecule has 2 saturated heterocycles. The maximum Gasteiger partial charge on any atom is 0.433 e. The van der Waals surface area contributed by atoms with Crippen LogP contribution in [0.15, 0.2) is 30.6 Å². The van der Waals surface area contributed by atoms with Gasteiger partial charge in [-0.05, 0) is 37.5 Å².